The molecule has 11 heteroatoms. The Balaban J connectivity index is 1.98. The van der Waals surface area contributed by atoms with Gasteiger partial charge in [-0.25, -0.2) is 9.78 Å². The minimum atomic E-state index is -1.16. The first kappa shape index (κ1) is 28.4. The molecule has 1 aromatic heterocycles. The maximum absolute atomic E-state index is 13.6. The number of anilines is 1. The lowest BCUT2D eigenvalue weighted by Gasteiger charge is -2.25. The Morgan fingerprint density at radius 3 is 2.38 bits per heavy atom. The number of amides is 1. The van der Waals surface area contributed by atoms with Crippen LogP contribution in [0.1, 0.15) is 38.1 Å². The molecule has 1 saturated heterocycles. The number of rotatable bonds is 9. The lowest BCUT2D eigenvalue weighted by Crippen LogP contribution is -2.29. The minimum Gasteiger partial charge on any atom is -0.507 e. The molecule has 1 aliphatic rings. The van der Waals surface area contributed by atoms with Crippen LogP contribution in [0.25, 0.3) is 5.76 Å². The van der Waals surface area contributed by atoms with Crippen LogP contribution in [0.5, 0.6) is 17.2 Å². The van der Waals surface area contributed by atoms with Crippen molar-refractivity contribution in [1.29, 1.82) is 0 Å². The maximum atomic E-state index is 13.6. The van der Waals surface area contributed by atoms with Gasteiger partial charge in [0.15, 0.2) is 5.13 Å². The Hall–Kier alpha value is -4.64. The quantitative estimate of drug-likeness (QED) is 0.129. The molecular weight excluding hydrogens is 536 g/mol. The SMILES string of the molecule is C=CCOC(=O)c1sc(N2C(=O)C(=O)C(=C(O)c3ccc(OC)cc3C)[C@@H]2c2cc(OC)ccc2OC)nc1C. The van der Waals surface area contributed by atoms with E-state index < -0.39 is 23.7 Å². The second-order valence-corrected chi connectivity index (χ2v) is 9.73. The Morgan fingerprint density at radius 2 is 1.75 bits per heavy atom. The molecule has 2 heterocycles. The third-order valence-electron chi connectivity index (χ3n) is 6.37. The van der Waals surface area contributed by atoms with Crippen molar-refractivity contribution < 1.29 is 38.4 Å². The fourth-order valence-electron chi connectivity index (χ4n) is 4.43. The Labute approximate surface area is 235 Å². The fourth-order valence-corrected chi connectivity index (χ4v) is 5.41. The van der Waals surface area contributed by atoms with E-state index in [4.69, 9.17) is 18.9 Å². The first-order valence-corrected chi connectivity index (χ1v) is 12.9. The van der Waals surface area contributed by atoms with Crippen LogP contribution in [0.2, 0.25) is 0 Å². The van der Waals surface area contributed by atoms with E-state index in [1.807, 2.05) is 0 Å². The van der Waals surface area contributed by atoms with E-state index in [-0.39, 0.29) is 27.9 Å². The van der Waals surface area contributed by atoms with E-state index in [0.29, 0.717) is 39.6 Å². The number of carbonyl (C=O) groups is 3. The molecule has 1 N–H and O–H groups in total. The van der Waals surface area contributed by atoms with Gasteiger partial charge in [-0.3, -0.25) is 14.5 Å². The summed E-state index contributed by atoms with van der Waals surface area (Å²) in [5.41, 5.74) is 1.48. The van der Waals surface area contributed by atoms with Crippen LogP contribution in [-0.4, -0.2) is 55.7 Å². The van der Waals surface area contributed by atoms with E-state index >= 15 is 0 Å². The number of thiazole rings is 1. The summed E-state index contributed by atoms with van der Waals surface area (Å²) in [6, 6.07) is 8.73. The monoisotopic (exact) mass is 564 g/mol. The number of benzene rings is 2. The first-order chi connectivity index (χ1) is 19.2. The average molecular weight is 565 g/mol. The van der Waals surface area contributed by atoms with Crippen molar-refractivity contribution in [3.8, 4) is 17.2 Å². The summed E-state index contributed by atoms with van der Waals surface area (Å²) in [4.78, 5) is 45.6. The third kappa shape index (κ3) is 5.03. The Morgan fingerprint density at radius 1 is 1.07 bits per heavy atom. The van der Waals surface area contributed by atoms with Crippen LogP contribution < -0.4 is 19.1 Å². The second kappa shape index (κ2) is 11.6. The summed E-state index contributed by atoms with van der Waals surface area (Å²) >= 11 is 0.901. The normalized spacial score (nSPS) is 16.1. The number of hydrogen-bond acceptors (Lipinski definition) is 10. The van der Waals surface area contributed by atoms with Crippen LogP contribution >= 0.6 is 11.3 Å². The molecule has 0 bridgehead atoms. The fraction of sp³-hybridized carbons (Fsp3) is 0.241. The van der Waals surface area contributed by atoms with Crippen molar-refractivity contribution in [2.24, 2.45) is 0 Å². The van der Waals surface area contributed by atoms with Crippen molar-refractivity contribution >= 4 is 39.9 Å². The van der Waals surface area contributed by atoms with Crippen molar-refractivity contribution in [2.75, 3.05) is 32.8 Å². The molecule has 1 atom stereocenters. The number of carbonyl (C=O) groups excluding carboxylic acids is 3. The van der Waals surface area contributed by atoms with Gasteiger partial charge < -0.3 is 24.1 Å². The lowest BCUT2D eigenvalue weighted by atomic mass is 9.93. The number of aryl methyl sites for hydroxylation is 2. The van der Waals surface area contributed by atoms with Gasteiger partial charge in [0, 0.05) is 11.1 Å². The van der Waals surface area contributed by atoms with Gasteiger partial charge in [0.05, 0.1) is 32.6 Å². The van der Waals surface area contributed by atoms with Gasteiger partial charge in [-0.1, -0.05) is 24.0 Å². The first-order valence-electron chi connectivity index (χ1n) is 12.1. The number of esters is 1. The molecular formula is C29H28N2O8S. The van der Waals surface area contributed by atoms with Crippen LogP contribution in [0.4, 0.5) is 5.13 Å². The van der Waals surface area contributed by atoms with E-state index in [1.165, 1.54) is 27.4 Å². The highest BCUT2D eigenvalue weighted by Crippen LogP contribution is 2.47. The molecule has 1 fully saturated rings. The number of methoxy groups -OCH3 is 3. The summed E-state index contributed by atoms with van der Waals surface area (Å²) < 4.78 is 21.4. The Kier molecular flexibility index (Phi) is 8.24. The molecule has 40 heavy (non-hydrogen) atoms. The highest BCUT2D eigenvalue weighted by atomic mass is 32.1. The number of Topliss-reactive ketones (excluding diaryl/α,β-unsaturated/α-hetero) is 1. The molecule has 0 radical (unpaired) electrons. The molecule has 4 rings (SSSR count). The second-order valence-electron chi connectivity index (χ2n) is 8.76. The van der Waals surface area contributed by atoms with Gasteiger partial charge >= 0.3 is 11.9 Å². The molecule has 0 spiro atoms. The highest BCUT2D eigenvalue weighted by molar-refractivity contribution is 7.17. The summed E-state index contributed by atoms with van der Waals surface area (Å²) in [5.74, 6) is -1.53. The Bertz CT molecular complexity index is 1540. The van der Waals surface area contributed by atoms with Gasteiger partial charge in [0.25, 0.3) is 5.78 Å². The van der Waals surface area contributed by atoms with Gasteiger partial charge in [-0.2, -0.15) is 0 Å². The number of hydrogen-bond donors (Lipinski definition) is 1. The zero-order chi connectivity index (χ0) is 29.1. The molecule has 0 saturated carbocycles. The lowest BCUT2D eigenvalue weighted by molar-refractivity contribution is -0.132. The van der Waals surface area contributed by atoms with E-state index in [0.717, 1.165) is 16.2 Å². The molecule has 208 valence electrons. The zero-order valence-corrected chi connectivity index (χ0v) is 23.5. The average Bonchev–Trinajstić information content (AvgIpc) is 3.46. The molecule has 3 aromatic rings. The smallest absolute Gasteiger partial charge is 0.350 e. The van der Waals surface area contributed by atoms with Gasteiger partial charge in [0.1, 0.15) is 40.5 Å². The van der Waals surface area contributed by atoms with Crippen molar-refractivity contribution in [2.45, 2.75) is 19.9 Å². The number of nitrogens with zero attached hydrogens (tertiary/aromatic N) is 2. The minimum absolute atomic E-state index is 0.00174. The van der Waals surface area contributed by atoms with Crippen LogP contribution in [0.15, 0.2) is 54.6 Å². The standard InChI is InChI=1S/C29H28N2O8S/c1-7-12-39-28(35)26-16(3)30-29(40-26)31-23(20-14-18(37-5)9-11-21(20)38-6)22(25(33)27(31)34)24(32)19-10-8-17(36-4)13-15(19)2/h7-11,13-14,23,32H,1,12H2,2-6H3/t23-/m0/s1. The van der Waals surface area contributed by atoms with Crippen molar-refractivity contribution in [3.05, 3.63) is 81.9 Å². The number of aliphatic hydroxyl groups is 1. The summed E-state index contributed by atoms with van der Waals surface area (Å²) in [5, 5.41) is 11.6. The highest BCUT2D eigenvalue weighted by Gasteiger charge is 2.49. The third-order valence-corrected chi connectivity index (χ3v) is 7.51. The zero-order valence-electron chi connectivity index (χ0n) is 22.6. The number of ether oxygens (including phenoxy) is 4. The predicted molar refractivity (Wildman–Crippen MR) is 149 cm³/mol. The summed E-state index contributed by atoms with van der Waals surface area (Å²) in [6.07, 6.45) is 1.43. The number of aliphatic hydroxyl groups excluding tert-OH is 1. The van der Waals surface area contributed by atoms with Crippen LogP contribution in [-0.2, 0) is 14.3 Å². The molecule has 0 unspecified atom stereocenters. The molecule has 0 aliphatic carbocycles. The molecule has 2 aromatic carbocycles. The number of ketones is 1. The largest absolute Gasteiger partial charge is 0.507 e. The van der Waals surface area contributed by atoms with Gasteiger partial charge in [-0.05, 0) is 55.8 Å². The van der Waals surface area contributed by atoms with E-state index in [1.54, 1.807) is 50.2 Å². The van der Waals surface area contributed by atoms with Gasteiger partial charge in [0.2, 0.25) is 0 Å². The van der Waals surface area contributed by atoms with Crippen LogP contribution in [0, 0.1) is 13.8 Å². The summed E-state index contributed by atoms with van der Waals surface area (Å²) in [7, 11) is 4.45. The topological polar surface area (TPSA) is 124 Å². The van der Waals surface area contributed by atoms with Crippen LogP contribution in [0.3, 0.4) is 0 Å². The molecule has 10 nitrogen and oxygen atoms in total. The summed E-state index contributed by atoms with van der Waals surface area (Å²) in [6.45, 7) is 6.89. The number of aromatic nitrogens is 1. The van der Waals surface area contributed by atoms with E-state index in [9.17, 15) is 19.5 Å². The molecule has 1 amide bonds. The maximum Gasteiger partial charge on any atom is 0.350 e. The van der Waals surface area contributed by atoms with Crippen molar-refractivity contribution in [3.63, 3.8) is 0 Å². The predicted octanol–water partition coefficient (Wildman–Crippen LogP) is 4.75. The molecule has 1 aliphatic heterocycles. The van der Waals surface area contributed by atoms with Gasteiger partial charge in [-0.15, -0.1) is 0 Å². The van der Waals surface area contributed by atoms with Crippen molar-refractivity contribution in [1.82, 2.24) is 4.98 Å². The van der Waals surface area contributed by atoms with E-state index in [2.05, 4.69) is 11.6 Å².